The van der Waals surface area contributed by atoms with Crippen molar-refractivity contribution in [3.63, 3.8) is 0 Å². The zero-order valence-corrected chi connectivity index (χ0v) is 20.4. The second kappa shape index (κ2) is 8.60. The Morgan fingerprint density at radius 3 is 2.50 bits per heavy atom. The van der Waals surface area contributed by atoms with Crippen molar-refractivity contribution in [3.8, 4) is 33.9 Å². The molecule has 2 aromatic heterocycles. The van der Waals surface area contributed by atoms with Gasteiger partial charge in [-0.3, -0.25) is 0 Å². The average Bonchev–Trinajstić information content (AvgIpc) is 3.41. The first-order valence-electron chi connectivity index (χ1n) is 11.8. The summed E-state index contributed by atoms with van der Waals surface area (Å²) in [5, 5.41) is 1.13. The minimum absolute atomic E-state index is 0.302. The van der Waals surface area contributed by atoms with Gasteiger partial charge in [-0.1, -0.05) is 12.1 Å². The molecule has 0 saturated heterocycles. The van der Waals surface area contributed by atoms with Crippen molar-refractivity contribution in [2.45, 2.75) is 40.3 Å². The molecule has 1 aliphatic rings. The van der Waals surface area contributed by atoms with Gasteiger partial charge in [-0.05, 0) is 62.6 Å². The van der Waals surface area contributed by atoms with Crippen LogP contribution in [0.3, 0.4) is 0 Å². The van der Waals surface area contributed by atoms with Crippen molar-refractivity contribution in [3.05, 3.63) is 59.4 Å². The van der Waals surface area contributed by atoms with Crippen LogP contribution >= 0.6 is 0 Å². The van der Waals surface area contributed by atoms with E-state index >= 15 is 0 Å². The summed E-state index contributed by atoms with van der Waals surface area (Å²) in [4.78, 5) is 13.5. The molecule has 1 aliphatic heterocycles. The van der Waals surface area contributed by atoms with Crippen molar-refractivity contribution in [1.82, 2.24) is 9.13 Å². The fourth-order valence-electron chi connectivity index (χ4n) is 5.33. The summed E-state index contributed by atoms with van der Waals surface area (Å²) in [5.74, 6) is 1.04. The number of carbonyl (C=O) groups excluding carboxylic acids is 1. The van der Waals surface area contributed by atoms with Crippen molar-refractivity contribution < 1.29 is 19.0 Å². The lowest BCUT2D eigenvalue weighted by Gasteiger charge is -2.23. The van der Waals surface area contributed by atoms with Gasteiger partial charge in [0.25, 0.3) is 0 Å². The van der Waals surface area contributed by atoms with Crippen LogP contribution in [0.4, 0.5) is 0 Å². The van der Waals surface area contributed by atoms with Crippen LogP contribution in [0.2, 0.25) is 0 Å². The van der Waals surface area contributed by atoms with Crippen molar-refractivity contribution in [1.29, 1.82) is 0 Å². The smallest absolute Gasteiger partial charge is 0.340 e. The number of hydrogen-bond acceptors (Lipinski definition) is 4. The van der Waals surface area contributed by atoms with Crippen LogP contribution in [-0.2, 0) is 24.2 Å². The SMILES string of the molecule is CCOC(=O)c1c(-c2cccc3c2ccn3CC)c(C)n2c1-c1cc(OC)c(OC)cc1CC2. The molecule has 0 spiro atoms. The molecule has 6 nitrogen and oxygen atoms in total. The lowest BCUT2D eigenvalue weighted by atomic mass is 9.92. The second-order valence-electron chi connectivity index (χ2n) is 8.51. The Bertz CT molecular complexity index is 1410. The fraction of sp³-hybridized carbons (Fsp3) is 0.321. The second-order valence-corrected chi connectivity index (χ2v) is 8.51. The molecule has 0 amide bonds. The molecule has 0 aliphatic carbocycles. The van der Waals surface area contributed by atoms with Gasteiger partial charge in [0.2, 0.25) is 0 Å². The minimum atomic E-state index is -0.302. The third-order valence-electron chi connectivity index (χ3n) is 6.90. The van der Waals surface area contributed by atoms with Crippen LogP contribution in [0.25, 0.3) is 33.3 Å². The maximum Gasteiger partial charge on any atom is 0.340 e. The van der Waals surface area contributed by atoms with Gasteiger partial charge in [-0.2, -0.15) is 0 Å². The van der Waals surface area contributed by atoms with Crippen LogP contribution in [-0.4, -0.2) is 35.9 Å². The highest BCUT2D eigenvalue weighted by Crippen LogP contribution is 2.46. The third kappa shape index (κ3) is 3.20. The molecular weight excluding hydrogens is 428 g/mol. The van der Waals surface area contributed by atoms with E-state index in [2.05, 4.69) is 53.4 Å². The predicted octanol–water partition coefficient (Wildman–Crippen LogP) is 5.86. The van der Waals surface area contributed by atoms with Crippen molar-refractivity contribution >= 4 is 16.9 Å². The van der Waals surface area contributed by atoms with Crippen LogP contribution < -0.4 is 9.47 Å². The highest BCUT2D eigenvalue weighted by molar-refractivity contribution is 6.09. The summed E-state index contributed by atoms with van der Waals surface area (Å²) in [6, 6.07) is 12.5. The molecule has 3 heterocycles. The first-order chi connectivity index (χ1) is 16.5. The van der Waals surface area contributed by atoms with E-state index in [1.165, 1.54) is 0 Å². The number of methoxy groups -OCH3 is 2. The number of rotatable bonds is 6. The standard InChI is InChI=1S/C28H30N2O4/c1-6-29-13-12-19-20(9-8-10-22(19)29)25-17(3)30-14-11-18-15-23(32-4)24(33-5)16-21(18)27(30)26(25)28(31)34-7-2/h8-10,12-13,15-16H,6-7,11,14H2,1-5H3. The monoisotopic (exact) mass is 458 g/mol. The summed E-state index contributed by atoms with van der Waals surface area (Å²) in [5.41, 5.74) is 7.84. The zero-order chi connectivity index (χ0) is 24.0. The van der Waals surface area contributed by atoms with Gasteiger partial charge in [0.15, 0.2) is 11.5 Å². The van der Waals surface area contributed by atoms with Crippen LogP contribution in [0.5, 0.6) is 11.5 Å². The Labute approximate surface area is 199 Å². The number of benzene rings is 2. The molecule has 0 radical (unpaired) electrons. The van der Waals surface area contributed by atoms with E-state index in [1.54, 1.807) is 14.2 Å². The first kappa shape index (κ1) is 22.1. The highest BCUT2D eigenvalue weighted by atomic mass is 16.5. The Hall–Kier alpha value is -3.67. The molecule has 0 N–H and O–H groups in total. The van der Waals surface area contributed by atoms with E-state index in [0.29, 0.717) is 23.7 Å². The molecule has 2 aromatic carbocycles. The number of ether oxygens (including phenoxy) is 3. The van der Waals surface area contributed by atoms with Crippen molar-refractivity contribution in [2.24, 2.45) is 0 Å². The Morgan fingerprint density at radius 2 is 1.79 bits per heavy atom. The third-order valence-corrected chi connectivity index (χ3v) is 6.90. The van der Waals surface area contributed by atoms with Gasteiger partial charge >= 0.3 is 5.97 Å². The van der Waals surface area contributed by atoms with E-state index < -0.39 is 0 Å². The van der Waals surface area contributed by atoms with Gasteiger partial charge in [-0.25, -0.2) is 4.79 Å². The number of fused-ring (bicyclic) bond motifs is 4. The lowest BCUT2D eigenvalue weighted by molar-refractivity contribution is 0.0528. The maximum absolute atomic E-state index is 13.5. The normalized spacial score (nSPS) is 12.4. The van der Waals surface area contributed by atoms with Crippen molar-refractivity contribution in [2.75, 3.05) is 20.8 Å². The maximum atomic E-state index is 13.5. The molecule has 6 heteroatoms. The quantitative estimate of drug-likeness (QED) is 0.340. The van der Waals surface area contributed by atoms with E-state index in [4.69, 9.17) is 14.2 Å². The molecule has 0 unspecified atom stereocenters. The highest BCUT2D eigenvalue weighted by Gasteiger charge is 2.33. The summed E-state index contributed by atoms with van der Waals surface area (Å²) < 4.78 is 21.2. The average molecular weight is 459 g/mol. The van der Waals surface area contributed by atoms with Gasteiger partial charge in [0.05, 0.1) is 32.1 Å². The summed E-state index contributed by atoms with van der Waals surface area (Å²) in [6.07, 6.45) is 2.95. The first-order valence-corrected chi connectivity index (χ1v) is 11.8. The van der Waals surface area contributed by atoms with Gasteiger partial charge < -0.3 is 23.3 Å². The fourth-order valence-corrected chi connectivity index (χ4v) is 5.33. The van der Waals surface area contributed by atoms with E-state index in [9.17, 15) is 4.79 Å². The molecular formula is C28H30N2O4. The van der Waals surface area contributed by atoms with E-state index in [0.717, 1.165) is 64.1 Å². The number of aromatic nitrogens is 2. The van der Waals surface area contributed by atoms with Gasteiger partial charge in [0, 0.05) is 47.0 Å². The number of esters is 1. The number of hydrogen-bond donors (Lipinski definition) is 0. The topological polar surface area (TPSA) is 54.6 Å². The number of aryl methyl sites for hydroxylation is 2. The Balaban J connectivity index is 1.85. The number of carbonyl (C=O) groups is 1. The summed E-state index contributed by atoms with van der Waals surface area (Å²) in [6.45, 7) is 8.06. The molecule has 4 aromatic rings. The van der Waals surface area contributed by atoms with Crippen LogP contribution in [0, 0.1) is 6.92 Å². The number of nitrogens with zero attached hydrogens (tertiary/aromatic N) is 2. The van der Waals surface area contributed by atoms with Crippen LogP contribution in [0.1, 0.15) is 35.5 Å². The van der Waals surface area contributed by atoms with E-state index in [-0.39, 0.29) is 5.97 Å². The van der Waals surface area contributed by atoms with Gasteiger partial charge in [0.1, 0.15) is 0 Å². The predicted molar refractivity (Wildman–Crippen MR) is 134 cm³/mol. The molecule has 0 bridgehead atoms. The molecule has 176 valence electrons. The largest absolute Gasteiger partial charge is 0.493 e. The molecule has 34 heavy (non-hydrogen) atoms. The summed E-state index contributed by atoms with van der Waals surface area (Å²) in [7, 11) is 3.28. The van der Waals surface area contributed by atoms with Crippen LogP contribution in [0.15, 0.2) is 42.6 Å². The van der Waals surface area contributed by atoms with E-state index in [1.807, 2.05) is 19.1 Å². The summed E-state index contributed by atoms with van der Waals surface area (Å²) >= 11 is 0. The lowest BCUT2D eigenvalue weighted by Crippen LogP contribution is -2.15. The van der Waals surface area contributed by atoms with Gasteiger partial charge in [-0.15, -0.1) is 0 Å². The molecule has 0 fully saturated rings. The molecule has 5 rings (SSSR count). The Kier molecular flexibility index (Phi) is 5.60. The molecule has 0 saturated carbocycles. The molecule has 0 atom stereocenters. The Morgan fingerprint density at radius 1 is 1.03 bits per heavy atom. The zero-order valence-electron chi connectivity index (χ0n) is 20.4. The minimum Gasteiger partial charge on any atom is -0.493 e.